The summed E-state index contributed by atoms with van der Waals surface area (Å²) in [5, 5.41) is 0. The maximum Gasteiger partial charge on any atom is 0.159 e. The van der Waals surface area contributed by atoms with Gasteiger partial charge in [0.05, 0.1) is 5.69 Å². The summed E-state index contributed by atoms with van der Waals surface area (Å²) in [5.74, 6) is 0.0791. The molecule has 0 aliphatic rings. The van der Waals surface area contributed by atoms with E-state index in [-0.39, 0.29) is 5.78 Å². The van der Waals surface area contributed by atoms with Crippen LogP contribution in [0.25, 0.3) is 11.3 Å². The Kier molecular flexibility index (Phi) is 2.82. The van der Waals surface area contributed by atoms with Crippen LogP contribution in [0.3, 0.4) is 0 Å². The monoisotopic (exact) mass is 211 g/mol. The van der Waals surface area contributed by atoms with Crippen molar-refractivity contribution >= 4 is 5.78 Å². The number of carbonyl (C=O) groups excluding carboxylic acids is 1. The van der Waals surface area contributed by atoms with Crippen LogP contribution in [0.4, 0.5) is 0 Å². The number of nitrogens with zero attached hydrogens (tertiary/aromatic N) is 1. The van der Waals surface area contributed by atoms with E-state index in [1.54, 1.807) is 13.1 Å². The van der Waals surface area contributed by atoms with E-state index in [4.69, 9.17) is 0 Å². The molecule has 2 aromatic rings. The van der Waals surface area contributed by atoms with Crippen LogP contribution in [0.15, 0.2) is 42.6 Å². The van der Waals surface area contributed by atoms with Gasteiger partial charge in [-0.05, 0) is 31.5 Å². The summed E-state index contributed by atoms with van der Waals surface area (Å²) >= 11 is 0. The molecule has 0 N–H and O–H groups in total. The van der Waals surface area contributed by atoms with E-state index >= 15 is 0 Å². The van der Waals surface area contributed by atoms with E-state index in [0.717, 1.165) is 22.4 Å². The summed E-state index contributed by atoms with van der Waals surface area (Å²) in [5.41, 5.74) is 3.77. The van der Waals surface area contributed by atoms with Gasteiger partial charge in [-0.3, -0.25) is 9.78 Å². The van der Waals surface area contributed by atoms with Crippen molar-refractivity contribution in [3.05, 3.63) is 53.7 Å². The molecule has 0 radical (unpaired) electrons. The number of hydrogen-bond acceptors (Lipinski definition) is 2. The Bertz CT molecular complexity index is 532. The first kappa shape index (κ1) is 10.6. The molecular formula is C14H13NO. The lowest BCUT2D eigenvalue weighted by molar-refractivity contribution is 0.101. The van der Waals surface area contributed by atoms with Gasteiger partial charge in [0.2, 0.25) is 0 Å². The predicted molar refractivity (Wildman–Crippen MR) is 64.4 cm³/mol. The number of hydrogen-bond donors (Lipinski definition) is 0. The molecule has 0 atom stereocenters. The molecule has 0 saturated heterocycles. The lowest BCUT2D eigenvalue weighted by Gasteiger charge is -2.05. The third kappa shape index (κ3) is 2.01. The van der Waals surface area contributed by atoms with E-state index < -0.39 is 0 Å². The summed E-state index contributed by atoms with van der Waals surface area (Å²) in [6.07, 6.45) is 1.77. The zero-order valence-electron chi connectivity index (χ0n) is 9.40. The molecule has 0 fully saturated rings. The number of pyridine rings is 1. The molecule has 1 aromatic heterocycles. The van der Waals surface area contributed by atoms with Crippen LogP contribution < -0.4 is 0 Å². The normalized spacial score (nSPS) is 10.1. The first-order valence-corrected chi connectivity index (χ1v) is 5.21. The minimum atomic E-state index is 0.0791. The Hall–Kier alpha value is -1.96. The molecule has 0 aliphatic heterocycles. The molecule has 1 aromatic carbocycles. The Labute approximate surface area is 95.0 Å². The van der Waals surface area contributed by atoms with E-state index in [1.165, 1.54) is 0 Å². The van der Waals surface area contributed by atoms with Crippen molar-refractivity contribution in [2.75, 3.05) is 0 Å². The first-order valence-electron chi connectivity index (χ1n) is 5.21. The number of aromatic nitrogens is 1. The van der Waals surface area contributed by atoms with E-state index in [1.807, 2.05) is 43.3 Å². The number of ketones is 1. The van der Waals surface area contributed by atoms with Crippen molar-refractivity contribution in [3.63, 3.8) is 0 Å². The van der Waals surface area contributed by atoms with Crippen LogP contribution in [0.2, 0.25) is 0 Å². The average molecular weight is 211 g/mol. The summed E-state index contributed by atoms with van der Waals surface area (Å²) in [4.78, 5) is 15.6. The maximum atomic E-state index is 11.3. The zero-order chi connectivity index (χ0) is 11.5. The highest BCUT2D eigenvalue weighted by Crippen LogP contribution is 2.21. The quantitative estimate of drug-likeness (QED) is 0.714. The fourth-order valence-corrected chi connectivity index (χ4v) is 1.67. The predicted octanol–water partition coefficient (Wildman–Crippen LogP) is 3.26. The standard InChI is InChI=1S/C14H13NO/c1-10-5-4-8-15-14(10)13-7-3-6-12(9-13)11(2)16/h3-9H,1-2H3. The van der Waals surface area contributed by atoms with E-state index in [2.05, 4.69) is 4.98 Å². The van der Waals surface area contributed by atoms with Gasteiger partial charge in [0, 0.05) is 17.3 Å². The molecular weight excluding hydrogens is 198 g/mol. The maximum absolute atomic E-state index is 11.3. The van der Waals surface area contributed by atoms with Crippen molar-refractivity contribution in [2.45, 2.75) is 13.8 Å². The lowest BCUT2D eigenvalue weighted by atomic mass is 10.0. The van der Waals surface area contributed by atoms with Crippen molar-refractivity contribution in [3.8, 4) is 11.3 Å². The zero-order valence-corrected chi connectivity index (χ0v) is 9.40. The Morgan fingerprint density at radius 2 is 2.00 bits per heavy atom. The molecule has 16 heavy (non-hydrogen) atoms. The highest BCUT2D eigenvalue weighted by molar-refractivity contribution is 5.95. The molecule has 0 aliphatic carbocycles. The molecule has 0 bridgehead atoms. The minimum absolute atomic E-state index is 0.0791. The second-order valence-electron chi connectivity index (χ2n) is 3.81. The smallest absolute Gasteiger partial charge is 0.159 e. The fourth-order valence-electron chi connectivity index (χ4n) is 1.67. The SMILES string of the molecule is CC(=O)c1cccc(-c2ncccc2C)c1. The fraction of sp³-hybridized carbons (Fsp3) is 0.143. The summed E-state index contributed by atoms with van der Waals surface area (Å²) in [6.45, 7) is 3.59. The van der Waals surface area contributed by atoms with Gasteiger partial charge in [0.25, 0.3) is 0 Å². The van der Waals surface area contributed by atoms with Crippen molar-refractivity contribution in [2.24, 2.45) is 0 Å². The number of carbonyl (C=O) groups is 1. The molecule has 0 unspecified atom stereocenters. The molecule has 80 valence electrons. The van der Waals surface area contributed by atoms with Gasteiger partial charge in [-0.25, -0.2) is 0 Å². The van der Waals surface area contributed by atoms with Crippen molar-refractivity contribution < 1.29 is 4.79 Å². The number of benzene rings is 1. The first-order chi connectivity index (χ1) is 7.68. The third-order valence-electron chi connectivity index (χ3n) is 2.55. The van der Waals surface area contributed by atoms with Crippen LogP contribution in [0.5, 0.6) is 0 Å². The topological polar surface area (TPSA) is 30.0 Å². The van der Waals surface area contributed by atoms with Crippen molar-refractivity contribution in [1.29, 1.82) is 0 Å². The Morgan fingerprint density at radius 3 is 2.69 bits per heavy atom. The highest BCUT2D eigenvalue weighted by Gasteiger charge is 2.05. The second kappa shape index (κ2) is 4.27. The number of Topliss-reactive ketones (excluding diaryl/α,β-unsaturated/α-hetero) is 1. The van der Waals surface area contributed by atoms with Gasteiger partial charge in [-0.2, -0.15) is 0 Å². The molecule has 2 rings (SSSR count). The Morgan fingerprint density at radius 1 is 1.19 bits per heavy atom. The van der Waals surface area contributed by atoms with Gasteiger partial charge >= 0.3 is 0 Å². The summed E-state index contributed by atoms with van der Waals surface area (Å²) in [7, 11) is 0. The number of rotatable bonds is 2. The number of aryl methyl sites for hydroxylation is 1. The van der Waals surface area contributed by atoms with Crippen LogP contribution in [-0.2, 0) is 0 Å². The molecule has 0 saturated carbocycles. The van der Waals surface area contributed by atoms with Gasteiger partial charge in [0.15, 0.2) is 5.78 Å². The van der Waals surface area contributed by atoms with Crippen LogP contribution >= 0.6 is 0 Å². The lowest BCUT2D eigenvalue weighted by Crippen LogP contribution is -1.93. The van der Waals surface area contributed by atoms with Gasteiger partial charge in [0.1, 0.15) is 0 Å². The van der Waals surface area contributed by atoms with Crippen LogP contribution in [0.1, 0.15) is 22.8 Å². The van der Waals surface area contributed by atoms with E-state index in [9.17, 15) is 4.79 Å². The van der Waals surface area contributed by atoms with Crippen LogP contribution in [0, 0.1) is 6.92 Å². The third-order valence-corrected chi connectivity index (χ3v) is 2.55. The summed E-state index contributed by atoms with van der Waals surface area (Å²) in [6, 6.07) is 11.5. The molecule has 0 amide bonds. The minimum Gasteiger partial charge on any atom is -0.295 e. The molecule has 2 nitrogen and oxygen atoms in total. The molecule has 1 heterocycles. The molecule has 2 heteroatoms. The molecule has 0 spiro atoms. The highest BCUT2D eigenvalue weighted by atomic mass is 16.1. The second-order valence-corrected chi connectivity index (χ2v) is 3.81. The average Bonchev–Trinajstić information content (AvgIpc) is 2.30. The van der Waals surface area contributed by atoms with E-state index in [0.29, 0.717) is 0 Å². The Balaban J connectivity index is 2.53. The van der Waals surface area contributed by atoms with Gasteiger partial charge in [-0.15, -0.1) is 0 Å². The largest absolute Gasteiger partial charge is 0.295 e. The summed E-state index contributed by atoms with van der Waals surface area (Å²) < 4.78 is 0. The van der Waals surface area contributed by atoms with Gasteiger partial charge in [-0.1, -0.05) is 24.3 Å². The van der Waals surface area contributed by atoms with Gasteiger partial charge < -0.3 is 0 Å². The van der Waals surface area contributed by atoms with Crippen LogP contribution in [-0.4, -0.2) is 10.8 Å². The van der Waals surface area contributed by atoms with Crippen molar-refractivity contribution in [1.82, 2.24) is 4.98 Å².